The van der Waals surface area contributed by atoms with Crippen LogP contribution in [0.5, 0.6) is 11.5 Å². The molecule has 0 fully saturated rings. The van der Waals surface area contributed by atoms with E-state index in [0.717, 1.165) is 21.3 Å². The fourth-order valence-electron chi connectivity index (χ4n) is 4.07. The molecule has 1 N–H and O–H groups in total. The summed E-state index contributed by atoms with van der Waals surface area (Å²) in [5.41, 5.74) is 3.20. The van der Waals surface area contributed by atoms with Crippen LogP contribution < -0.4 is 14.8 Å². The maximum absolute atomic E-state index is 12.8. The van der Waals surface area contributed by atoms with E-state index in [1.165, 1.54) is 11.8 Å². The van der Waals surface area contributed by atoms with Gasteiger partial charge in [-0.15, -0.1) is 5.10 Å². The number of hydrogen-bond acceptors (Lipinski definition) is 7. The monoisotopic (exact) mass is 590 g/mol. The molecule has 4 rings (SSSR count). The SMILES string of the molecule is CCOc1cc(C2C(C(C)=O)=C(C)Nc3nc(SCc4ccccc4Cl)nn32)cc(Br)c1OC(C)C. The van der Waals surface area contributed by atoms with Crippen molar-refractivity contribution in [3.63, 3.8) is 0 Å². The molecule has 1 aliphatic heterocycles. The summed E-state index contributed by atoms with van der Waals surface area (Å²) in [7, 11) is 0. The topological polar surface area (TPSA) is 78.3 Å². The number of ketones is 1. The van der Waals surface area contributed by atoms with Gasteiger partial charge in [0.15, 0.2) is 17.3 Å². The highest BCUT2D eigenvalue weighted by Gasteiger charge is 2.34. The molecule has 3 aromatic rings. The Hall–Kier alpha value is -2.49. The van der Waals surface area contributed by atoms with Gasteiger partial charge in [0.2, 0.25) is 11.1 Å². The largest absolute Gasteiger partial charge is 0.490 e. The molecule has 190 valence electrons. The predicted octanol–water partition coefficient (Wildman–Crippen LogP) is 7.05. The summed E-state index contributed by atoms with van der Waals surface area (Å²) in [6.07, 6.45) is -0.0280. The molecule has 1 aliphatic rings. The lowest BCUT2D eigenvalue weighted by atomic mass is 9.93. The molecule has 1 unspecified atom stereocenters. The van der Waals surface area contributed by atoms with Gasteiger partial charge in [-0.2, -0.15) is 4.98 Å². The van der Waals surface area contributed by atoms with E-state index in [1.807, 2.05) is 64.1 Å². The Morgan fingerprint density at radius 2 is 2.06 bits per heavy atom. The maximum Gasteiger partial charge on any atom is 0.227 e. The minimum atomic E-state index is -0.482. The Labute approximate surface area is 228 Å². The average molecular weight is 592 g/mol. The van der Waals surface area contributed by atoms with Crippen LogP contribution in [-0.2, 0) is 10.5 Å². The average Bonchev–Trinajstić information content (AvgIpc) is 3.21. The molecule has 0 spiro atoms. The number of halogens is 2. The third-order valence-electron chi connectivity index (χ3n) is 5.53. The first kappa shape index (κ1) is 26.6. The van der Waals surface area contributed by atoms with Gasteiger partial charge in [-0.3, -0.25) is 4.79 Å². The van der Waals surface area contributed by atoms with E-state index in [0.29, 0.717) is 45.6 Å². The number of benzene rings is 2. The standard InChI is InChI=1S/C26H28BrClN4O3S/c1-6-34-21-12-18(11-19(27)24(21)35-14(2)3)23-22(16(5)33)15(4)29-25-30-26(31-32(23)25)36-13-17-9-7-8-10-20(17)28/h7-12,14,23H,6,13H2,1-5H3,(H,29,30,31). The number of hydrogen-bond donors (Lipinski definition) is 1. The minimum Gasteiger partial charge on any atom is -0.490 e. The Kier molecular flexibility index (Phi) is 8.32. The van der Waals surface area contributed by atoms with Crippen molar-refractivity contribution in [1.82, 2.24) is 14.8 Å². The summed E-state index contributed by atoms with van der Waals surface area (Å²) in [5, 5.41) is 9.33. The lowest BCUT2D eigenvalue weighted by Crippen LogP contribution is -2.28. The van der Waals surface area contributed by atoms with Gasteiger partial charge in [0, 0.05) is 22.0 Å². The highest BCUT2D eigenvalue weighted by Crippen LogP contribution is 2.43. The molecule has 1 atom stereocenters. The molecule has 7 nitrogen and oxygen atoms in total. The number of anilines is 1. The van der Waals surface area contributed by atoms with E-state index in [2.05, 4.69) is 21.2 Å². The second-order valence-corrected chi connectivity index (χ2v) is 10.8. The van der Waals surface area contributed by atoms with Crippen LogP contribution in [0.15, 0.2) is 57.3 Å². The fourth-order valence-corrected chi connectivity index (χ4v) is 5.74. The molecule has 0 saturated heterocycles. The number of ether oxygens (including phenoxy) is 2. The summed E-state index contributed by atoms with van der Waals surface area (Å²) in [6.45, 7) is 9.78. The van der Waals surface area contributed by atoms with E-state index >= 15 is 0 Å². The fraction of sp³-hybridized carbons (Fsp3) is 0.346. The lowest BCUT2D eigenvalue weighted by Gasteiger charge is -2.29. The molecule has 2 aromatic carbocycles. The van der Waals surface area contributed by atoms with Crippen LogP contribution in [0.3, 0.4) is 0 Å². The molecule has 1 aromatic heterocycles. The quantitative estimate of drug-likeness (QED) is 0.267. The molecule has 2 heterocycles. The second kappa shape index (κ2) is 11.3. The van der Waals surface area contributed by atoms with E-state index in [1.54, 1.807) is 11.6 Å². The number of carbonyl (C=O) groups is 1. The Balaban J connectivity index is 1.76. The molecular weight excluding hydrogens is 564 g/mol. The van der Waals surface area contributed by atoms with Gasteiger partial charge < -0.3 is 14.8 Å². The van der Waals surface area contributed by atoms with Crippen LogP contribution in [0.2, 0.25) is 5.02 Å². The first-order chi connectivity index (χ1) is 17.2. The summed E-state index contributed by atoms with van der Waals surface area (Å²) >= 11 is 11.5. The predicted molar refractivity (Wildman–Crippen MR) is 147 cm³/mol. The first-order valence-corrected chi connectivity index (χ1v) is 13.8. The third kappa shape index (κ3) is 5.58. The van der Waals surface area contributed by atoms with Gasteiger partial charge in [-0.1, -0.05) is 41.6 Å². The van der Waals surface area contributed by atoms with Crippen molar-refractivity contribution in [2.75, 3.05) is 11.9 Å². The van der Waals surface area contributed by atoms with Crippen LogP contribution in [0.1, 0.15) is 51.8 Å². The van der Waals surface area contributed by atoms with Crippen molar-refractivity contribution >= 4 is 51.0 Å². The van der Waals surface area contributed by atoms with Gasteiger partial charge in [-0.25, -0.2) is 4.68 Å². The van der Waals surface area contributed by atoms with Crippen LogP contribution in [0, 0.1) is 0 Å². The highest BCUT2D eigenvalue weighted by molar-refractivity contribution is 9.10. The minimum absolute atomic E-state index is 0.0280. The van der Waals surface area contributed by atoms with Crippen LogP contribution >= 0.6 is 39.3 Å². The number of carbonyl (C=O) groups excluding carboxylic acids is 1. The molecule has 0 amide bonds. The number of nitrogens with one attached hydrogen (secondary N) is 1. The van der Waals surface area contributed by atoms with E-state index in [4.69, 9.17) is 31.2 Å². The molecule has 0 radical (unpaired) electrons. The van der Waals surface area contributed by atoms with E-state index in [9.17, 15) is 4.79 Å². The number of thioether (sulfide) groups is 1. The number of fused-ring (bicyclic) bond motifs is 1. The van der Waals surface area contributed by atoms with Crippen molar-refractivity contribution in [2.24, 2.45) is 0 Å². The van der Waals surface area contributed by atoms with Gasteiger partial charge in [0.1, 0.15) is 6.04 Å². The van der Waals surface area contributed by atoms with Gasteiger partial charge in [-0.05, 0) is 79.9 Å². The van der Waals surface area contributed by atoms with Gasteiger partial charge in [0.05, 0.1) is 17.2 Å². The first-order valence-electron chi connectivity index (χ1n) is 11.6. The number of nitrogens with zero attached hydrogens (tertiary/aromatic N) is 3. The van der Waals surface area contributed by atoms with Gasteiger partial charge >= 0.3 is 0 Å². The number of rotatable bonds is 9. The normalized spacial score (nSPS) is 15.1. The number of Topliss-reactive ketones (excluding diaryl/α,β-unsaturated/α-hetero) is 1. The Bertz CT molecular complexity index is 1320. The van der Waals surface area contributed by atoms with Crippen molar-refractivity contribution in [3.8, 4) is 11.5 Å². The molecule has 36 heavy (non-hydrogen) atoms. The maximum atomic E-state index is 12.8. The third-order valence-corrected chi connectivity index (χ3v) is 7.37. The van der Waals surface area contributed by atoms with Gasteiger partial charge in [0.25, 0.3) is 0 Å². The number of allylic oxidation sites excluding steroid dienone is 2. The van der Waals surface area contributed by atoms with Crippen molar-refractivity contribution in [1.29, 1.82) is 0 Å². The zero-order chi connectivity index (χ0) is 26.0. The molecule has 0 bridgehead atoms. The second-order valence-electron chi connectivity index (χ2n) is 8.59. The molecule has 0 saturated carbocycles. The van der Waals surface area contributed by atoms with Crippen molar-refractivity contribution in [2.45, 2.75) is 57.7 Å². The van der Waals surface area contributed by atoms with E-state index in [-0.39, 0.29) is 11.9 Å². The van der Waals surface area contributed by atoms with Crippen molar-refractivity contribution in [3.05, 3.63) is 68.3 Å². The molecular formula is C26H28BrClN4O3S. The van der Waals surface area contributed by atoms with Crippen LogP contribution in [0.25, 0.3) is 0 Å². The smallest absolute Gasteiger partial charge is 0.227 e. The lowest BCUT2D eigenvalue weighted by molar-refractivity contribution is -0.114. The summed E-state index contributed by atoms with van der Waals surface area (Å²) in [5.74, 6) is 2.38. The zero-order valence-corrected chi connectivity index (χ0v) is 23.9. The summed E-state index contributed by atoms with van der Waals surface area (Å²) < 4.78 is 14.4. The summed E-state index contributed by atoms with van der Waals surface area (Å²) in [6, 6.07) is 11.1. The molecule has 0 aliphatic carbocycles. The zero-order valence-electron chi connectivity index (χ0n) is 20.8. The van der Waals surface area contributed by atoms with Crippen LogP contribution in [-0.4, -0.2) is 33.3 Å². The van der Waals surface area contributed by atoms with Crippen LogP contribution in [0.4, 0.5) is 5.95 Å². The molecule has 10 heteroatoms. The number of aromatic nitrogens is 3. The Morgan fingerprint density at radius 1 is 1.31 bits per heavy atom. The summed E-state index contributed by atoms with van der Waals surface area (Å²) in [4.78, 5) is 17.5. The van der Waals surface area contributed by atoms with E-state index < -0.39 is 6.04 Å². The Morgan fingerprint density at radius 3 is 2.72 bits per heavy atom. The van der Waals surface area contributed by atoms with Crippen molar-refractivity contribution < 1.29 is 14.3 Å². The highest BCUT2D eigenvalue weighted by atomic mass is 79.9.